The van der Waals surface area contributed by atoms with Crippen LogP contribution in [0.5, 0.6) is 0 Å². The number of carbonyl (C=O) groups is 1. The van der Waals surface area contributed by atoms with Gasteiger partial charge in [0, 0.05) is 16.7 Å². The van der Waals surface area contributed by atoms with Crippen LogP contribution >= 0.6 is 10.5 Å². The van der Waals surface area contributed by atoms with Gasteiger partial charge in [0.2, 0.25) is 0 Å². The zero-order chi connectivity index (χ0) is 11.8. The third-order valence-electron chi connectivity index (χ3n) is 2.24. The van der Waals surface area contributed by atoms with E-state index >= 15 is 0 Å². The number of carbonyl (C=O) groups excluding carboxylic acids is 1. The molecule has 0 radical (unpaired) electrons. The van der Waals surface area contributed by atoms with Crippen LogP contribution in [0, 0.1) is 0 Å². The molecule has 0 saturated heterocycles. The van der Waals surface area contributed by atoms with Crippen molar-refractivity contribution in [2.75, 3.05) is 13.4 Å². The molecule has 16 heavy (non-hydrogen) atoms. The Hall–Kier alpha value is -1.53. The average molecular weight is 240 g/mol. The van der Waals surface area contributed by atoms with Gasteiger partial charge in [0.15, 0.2) is 5.84 Å². The molecule has 1 aliphatic heterocycles. The molecule has 0 aromatic heterocycles. The van der Waals surface area contributed by atoms with Gasteiger partial charge in [0.05, 0.1) is 7.11 Å². The molecule has 0 spiro atoms. The van der Waals surface area contributed by atoms with E-state index in [0.29, 0.717) is 5.84 Å². The van der Waals surface area contributed by atoms with E-state index in [1.165, 1.54) is 7.11 Å². The van der Waals surface area contributed by atoms with Gasteiger partial charge in [-0.2, -0.15) is 4.99 Å². The number of benzene rings is 1. The molecule has 1 aromatic carbocycles. The first kappa shape index (κ1) is 11.0. The van der Waals surface area contributed by atoms with Crippen molar-refractivity contribution in [2.24, 2.45) is 4.99 Å². The van der Waals surface area contributed by atoms with E-state index in [0.717, 1.165) is 10.5 Å². The maximum Gasteiger partial charge on any atom is 0.435 e. The van der Waals surface area contributed by atoms with Gasteiger partial charge in [-0.05, 0) is 16.6 Å². The first-order chi connectivity index (χ1) is 7.54. The summed E-state index contributed by atoms with van der Waals surface area (Å²) in [4.78, 5) is 15.6. The summed E-state index contributed by atoms with van der Waals surface area (Å²) in [5, 5.41) is 0. The molecule has 1 aromatic rings. The molecule has 0 bridgehead atoms. The summed E-state index contributed by atoms with van der Waals surface area (Å²) in [6.07, 6.45) is 1.00. The Morgan fingerprint density at radius 1 is 1.50 bits per heavy atom. The average Bonchev–Trinajstić information content (AvgIpc) is 2.51. The molecular weight excluding hydrogens is 228 g/mol. The Morgan fingerprint density at radius 2 is 2.19 bits per heavy atom. The fraction of sp³-hybridized carbons (Fsp3) is 0.200. The minimum Gasteiger partial charge on any atom is -0.451 e. The lowest BCUT2D eigenvalue weighted by Crippen LogP contribution is -2.20. The zero-order valence-corrected chi connectivity index (χ0v) is 9.75. The molecule has 5 nitrogen and oxygen atoms in total. The highest BCUT2D eigenvalue weighted by molar-refractivity contribution is 8.27. The van der Waals surface area contributed by atoms with Crippen LogP contribution in [0.15, 0.2) is 34.2 Å². The van der Waals surface area contributed by atoms with Crippen LogP contribution < -0.4 is 4.72 Å². The number of rotatable bonds is 0. The third kappa shape index (κ3) is 1.77. The Bertz CT molecular complexity index is 471. The standard InChI is InChI=1S/C10H12N2O3S/c1-15-10(13)11-9-7-5-3-4-6-8(7)16(2,14)12-9/h3-6,14H,1-2H3,(H,11,12,13). The quantitative estimate of drug-likeness (QED) is 0.727. The fourth-order valence-corrected chi connectivity index (χ4v) is 3.11. The molecule has 1 heterocycles. The molecule has 2 N–H and O–H groups in total. The molecule has 1 atom stereocenters. The molecule has 2 rings (SSSR count). The van der Waals surface area contributed by atoms with Gasteiger partial charge in [0.1, 0.15) is 0 Å². The van der Waals surface area contributed by atoms with Crippen molar-refractivity contribution in [3.05, 3.63) is 29.8 Å². The Kier molecular flexibility index (Phi) is 2.61. The fourth-order valence-electron chi connectivity index (χ4n) is 1.53. The van der Waals surface area contributed by atoms with Crippen LogP contribution in [0.25, 0.3) is 0 Å². The van der Waals surface area contributed by atoms with E-state index in [1.807, 2.05) is 18.2 Å². The van der Waals surface area contributed by atoms with E-state index in [4.69, 9.17) is 0 Å². The van der Waals surface area contributed by atoms with Crippen molar-refractivity contribution in [1.29, 1.82) is 0 Å². The number of nitrogens with one attached hydrogen (secondary N) is 1. The first-order valence-corrected chi connectivity index (χ1v) is 6.59. The second-order valence-electron chi connectivity index (χ2n) is 3.40. The number of methoxy groups -OCH3 is 1. The van der Waals surface area contributed by atoms with Crippen molar-refractivity contribution in [2.45, 2.75) is 4.90 Å². The van der Waals surface area contributed by atoms with Gasteiger partial charge in [-0.1, -0.05) is 18.2 Å². The van der Waals surface area contributed by atoms with E-state index in [-0.39, 0.29) is 0 Å². The smallest absolute Gasteiger partial charge is 0.435 e. The van der Waals surface area contributed by atoms with Crippen molar-refractivity contribution >= 4 is 22.4 Å². The third-order valence-corrected chi connectivity index (χ3v) is 4.05. The predicted octanol–water partition coefficient (Wildman–Crippen LogP) is 1.98. The lowest BCUT2D eigenvalue weighted by molar-refractivity contribution is 0.182. The van der Waals surface area contributed by atoms with Crippen molar-refractivity contribution < 1.29 is 14.1 Å². The number of amidine groups is 1. The maximum atomic E-state index is 11.1. The molecule has 6 heteroatoms. The van der Waals surface area contributed by atoms with Gasteiger partial charge in [-0.15, -0.1) is 0 Å². The first-order valence-electron chi connectivity index (χ1n) is 4.59. The van der Waals surface area contributed by atoms with Gasteiger partial charge < -0.3 is 14.0 Å². The monoisotopic (exact) mass is 240 g/mol. The lowest BCUT2D eigenvalue weighted by atomic mass is 10.2. The van der Waals surface area contributed by atoms with Crippen molar-refractivity contribution in [3.8, 4) is 0 Å². The molecule has 0 fully saturated rings. The summed E-state index contributed by atoms with van der Waals surface area (Å²) >= 11 is 0. The van der Waals surface area contributed by atoms with E-state index < -0.39 is 16.6 Å². The van der Waals surface area contributed by atoms with Crippen LogP contribution in [0.4, 0.5) is 4.79 Å². The SMILES string of the molecule is COC(=O)N=C1NS(C)(O)c2ccccc21. The topological polar surface area (TPSA) is 70.9 Å². The van der Waals surface area contributed by atoms with Crippen LogP contribution in [-0.4, -0.2) is 29.8 Å². The lowest BCUT2D eigenvalue weighted by Gasteiger charge is -2.24. The maximum absolute atomic E-state index is 11.1. The second kappa shape index (κ2) is 3.80. The number of ether oxygens (including phenoxy) is 1. The van der Waals surface area contributed by atoms with Crippen LogP contribution in [0.2, 0.25) is 0 Å². The van der Waals surface area contributed by atoms with Gasteiger partial charge in [-0.3, -0.25) is 0 Å². The predicted molar refractivity (Wildman–Crippen MR) is 62.9 cm³/mol. The largest absolute Gasteiger partial charge is 0.451 e. The summed E-state index contributed by atoms with van der Waals surface area (Å²) < 4.78 is 17.4. The highest BCUT2D eigenvalue weighted by atomic mass is 32.3. The van der Waals surface area contributed by atoms with E-state index in [2.05, 4.69) is 14.5 Å². The second-order valence-corrected chi connectivity index (χ2v) is 5.80. The molecule has 1 aliphatic rings. The molecule has 0 aliphatic carbocycles. The molecule has 1 unspecified atom stereocenters. The van der Waals surface area contributed by atoms with E-state index in [1.54, 1.807) is 12.3 Å². The van der Waals surface area contributed by atoms with Crippen molar-refractivity contribution in [1.82, 2.24) is 4.72 Å². The van der Waals surface area contributed by atoms with Crippen LogP contribution in [0.1, 0.15) is 5.56 Å². The summed E-state index contributed by atoms with van der Waals surface area (Å²) in [6, 6.07) is 7.28. The van der Waals surface area contributed by atoms with Crippen LogP contribution in [-0.2, 0) is 4.74 Å². The minimum atomic E-state index is -2.10. The zero-order valence-electron chi connectivity index (χ0n) is 8.93. The Balaban J connectivity index is 2.48. The highest BCUT2D eigenvalue weighted by Gasteiger charge is 2.31. The number of nitrogens with zero attached hydrogens (tertiary/aromatic N) is 1. The summed E-state index contributed by atoms with van der Waals surface area (Å²) in [6.45, 7) is 0. The number of aliphatic imine (C=N–C) groups is 1. The molecule has 1 amide bonds. The minimum absolute atomic E-state index is 0.363. The number of fused-ring (bicyclic) bond motifs is 1. The Labute approximate surface area is 94.8 Å². The van der Waals surface area contributed by atoms with Crippen LogP contribution in [0.3, 0.4) is 0 Å². The number of hydrogen-bond donors (Lipinski definition) is 2. The van der Waals surface area contributed by atoms with Crippen molar-refractivity contribution in [3.63, 3.8) is 0 Å². The molecule has 86 valence electrons. The summed E-state index contributed by atoms with van der Waals surface area (Å²) in [5.41, 5.74) is 0.743. The number of amides is 1. The van der Waals surface area contributed by atoms with Gasteiger partial charge in [0.25, 0.3) is 0 Å². The normalized spacial score (nSPS) is 29.1. The van der Waals surface area contributed by atoms with E-state index in [9.17, 15) is 9.35 Å². The van der Waals surface area contributed by atoms with Gasteiger partial charge >= 0.3 is 6.09 Å². The van der Waals surface area contributed by atoms with Gasteiger partial charge in [-0.25, -0.2) is 4.79 Å². The summed E-state index contributed by atoms with van der Waals surface area (Å²) in [5.74, 6) is 0.363. The molecule has 0 saturated carbocycles. The Morgan fingerprint density at radius 3 is 2.88 bits per heavy atom. The highest BCUT2D eigenvalue weighted by Crippen LogP contribution is 2.50. The number of hydrogen-bond acceptors (Lipinski definition) is 3. The molecular formula is C10H12N2O3S. The summed E-state index contributed by atoms with van der Waals surface area (Å²) in [7, 11) is -0.835.